The highest BCUT2D eigenvalue weighted by Crippen LogP contribution is 2.47. The van der Waals surface area contributed by atoms with Crippen molar-refractivity contribution in [1.82, 2.24) is 30.3 Å². The number of nitrogens with one attached hydrogen (secondary N) is 2. The molecule has 1 saturated heterocycles. The van der Waals surface area contributed by atoms with E-state index in [1.165, 1.54) is 18.4 Å². The van der Waals surface area contributed by atoms with Gasteiger partial charge in [0.05, 0.1) is 13.2 Å². The molecule has 170 valence electrons. The summed E-state index contributed by atoms with van der Waals surface area (Å²) in [6.07, 6.45) is 2.43. The molecule has 1 aromatic carbocycles. The third kappa shape index (κ3) is 6.39. The highest BCUT2D eigenvalue weighted by atomic mass is 127. The lowest BCUT2D eigenvalue weighted by Gasteiger charge is -2.27. The van der Waals surface area contributed by atoms with Crippen LogP contribution in [0.25, 0.3) is 0 Å². The molecule has 1 saturated carbocycles. The van der Waals surface area contributed by atoms with Gasteiger partial charge in [-0.3, -0.25) is 4.90 Å². The van der Waals surface area contributed by atoms with Gasteiger partial charge in [-0.2, -0.15) is 0 Å². The first kappa shape index (κ1) is 23.9. The van der Waals surface area contributed by atoms with Crippen LogP contribution in [-0.4, -0.2) is 71.6 Å². The van der Waals surface area contributed by atoms with Crippen LogP contribution in [0.3, 0.4) is 0 Å². The molecule has 0 bridgehead atoms. The first-order chi connectivity index (χ1) is 14.7. The van der Waals surface area contributed by atoms with Crippen molar-refractivity contribution in [3.05, 3.63) is 47.5 Å². The van der Waals surface area contributed by atoms with Gasteiger partial charge in [-0.15, -0.1) is 34.2 Å². The minimum absolute atomic E-state index is 0. The molecule has 2 aromatic rings. The van der Waals surface area contributed by atoms with Crippen LogP contribution in [0.5, 0.6) is 0 Å². The van der Waals surface area contributed by atoms with E-state index in [-0.39, 0.29) is 29.4 Å². The Kier molecular flexibility index (Phi) is 8.67. The van der Waals surface area contributed by atoms with E-state index in [0.717, 1.165) is 63.5 Å². The fraction of sp³-hybridized carbons (Fsp3) is 0.591. The summed E-state index contributed by atoms with van der Waals surface area (Å²) in [5, 5.41) is 15.5. The van der Waals surface area contributed by atoms with E-state index in [1.807, 2.05) is 18.5 Å². The Balaban J connectivity index is 0.00000272. The van der Waals surface area contributed by atoms with Crippen LogP contribution in [0, 0.1) is 6.92 Å². The van der Waals surface area contributed by atoms with Crippen LogP contribution in [-0.2, 0) is 23.7 Å². The van der Waals surface area contributed by atoms with Gasteiger partial charge in [0.25, 0.3) is 0 Å². The molecule has 0 unspecified atom stereocenters. The number of rotatable bonds is 8. The largest absolute Gasteiger partial charge is 0.379 e. The SMILES string of the molecule is Cc1nnc(CN=C(NCCN2CCOCC2)NCC2(c3ccccc3)CC2)n1C.I. The smallest absolute Gasteiger partial charge is 0.191 e. The maximum atomic E-state index is 5.44. The van der Waals surface area contributed by atoms with Crippen LogP contribution >= 0.6 is 24.0 Å². The van der Waals surface area contributed by atoms with Gasteiger partial charge in [0.15, 0.2) is 11.8 Å². The topological polar surface area (TPSA) is 79.6 Å². The fourth-order valence-corrected chi connectivity index (χ4v) is 3.83. The number of guanidine groups is 1. The standard InChI is InChI=1S/C22H33N7O.HI/c1-18-26-27-20(28(18)2)16-24-21(23-10-11-29-12-14-30-15-13-29)25-17-22(8-9-22)19-6-4-3-5-7-19;/h3-7H,8-17H2,1-2H3,(H2,23,24,25);1H. The summed E-state index contributed by atoms with van der Waals surface area (Å²) >= 11 is 0. The monoisotopic (exact) mass is 539 g/mol. The summed E-state index contributed by atoms with van der Waals surface area (Å²) in [7, 11) is 1.98. The Morgan fingerprint density at radius 1 is 1.13 bits per heavy atom. The predicted octanol–water partition coefficient (Wildman–Crippen LogP) is 1.84. The number of hydrogen-bond acceptors (Lipinski definition) is 5. The average Bonchev–Trinajstić information content (AvgIpc) is 3.52. The van der Waals surface area contributed by atoms with E-state index < -0.39 is 0 Å². The minimum Gasteiger partial charge on any atom is -0.379 e. The highest BCUT2D eigenvalue weighted by molar-refractivity contribution is 14.0. The molecule has 1 aliphatic heterocycles. The fourth-order valence-electron chi connectivity index (χ4n) is 3.83. The van der Waals surface area contributed by atoms with Crippen molar-refractivity contribution >= 4 is 29.9 Å². The molecule has 0 radical (unpaired) electrons. The third-order valence-electron chi connectivity index (χ3n) is 6.22. The molecule has 0 atom stereocenters. The Labute approximate surface area is 201 Å². The van der Waals surface area contributed by atoms with E-state index in [0.29, 0.717) is 6.54 Å². The lowest BCUT2D eigenvalue weighted by molar-refractivity contribution is 0.0389. The van der Waals surface area contributed by atoms with Crippen molar-refractivity contribution in [3.63, 3.8) is 0 Å². The first-order valence-corrected chi connectivity index (χ1v) is 10.9. The molecule has 0 spiro atoms. The number of morpholine rings is 1. The lowest BCUT2D eigenvalue weighted by atomic mass is 9.96. The molecule has 0 amide bonds. The summed E-state index contributed by atoms with van der Waals surface area (Å²) < 4.78 is 7.43. The maximum Gasteiger partial charge on any atom is 0.191 e. The second-order valence-electron chi connectivity index (χ2n) is 8.27. The van der Waals surface area contributed by atoms with Crippen molar-refractivity contribution in [2.45, 2.75) is 31.7 Å². The van der Waals surface area contributed by atoms with Crippen LogP contribution in [0.2, 0.25) is 0 Å². The Morgan fingerprint density at radius 3 is 2.52 bits per heavy atom. The summed E-state index contributed by atoms with van der Waals surface area (Å²) in [6.45, 7) is 8.82. The number of nitrogens with zero attached hydrogens (tertiary/aromatic N) is 5. The second-order valence-corrected chi connectivity index (χ2v) is 8.27. The van der Waals surface area contributed by atoms with Crippen LogP contribution < -0.4 is 10.6 Å². The molecule has 2 aliphatic rings. The molecule has 31 heavy (non-hydrogen) atoms. The number of aliphatic imine (C=N–C) groups is 1. The quantitative estimate of drug-likeness (QED) is 0.303. The third-order valence-corrected chi connectivity index (χ3v) is 6.22. The zero-order chi connectivity index (χ0) is 20.8. The lowest BCUT2D eigenvalue weighted by Crippen LogP contribution is -2.46. The number of aromatic nitrogens is 3. The summed E-state index contributed by atoms with van der Waals surface area (Å²) in [4.78, 5) is 7.23. The number of ether oxygens (including phenoxy) is 1. The molecule has 9 heteroatoms. The molecule has 2 N–H and O–H groups in total. The van der Waals surface area contributed by atoms with Crippen LogP contribution in [0.15, 0.2) is 35.3 Å². The molecule has 8 nitrogen and oxygen atoms in total. The zero-order valence-electron chi connectivity index (χ0n) is 18.5. The molecule has 4 rings (SSSR count). The molecule has 2 heterocycles. The Bertz CT molecular complexity index is 845. The van der Waals surface area contributed by atoms with Gasteiger partial charge in [0, 0.05) is 45.2 Å². The van der Waals surface area contributed by atoms with Crippen LogP contribution in [0.4, 0.5) is 0 Å². The van der Waals surface area contributed by atoms with Gasteiger partial charge >= 0.3 is 0 Å². The number of benzene rings is 1. The van der Waals surface area contributed by atoms with Gasteiger partial charge in [0.1, 0.15) is 12.4 Å². The van der Waals surface area contributed by atoms with Crippen molar-refractivity contribution in [2.75, 3.05) is 45.9 Å². The van der Waals surface area contributed by atoms with E-state index in [1.54, 1.807) is 0 Å². The second kappa shape index (κ2) is 11.2. The number of aryl methyl sites for hydroxylation is 1. The van der Waals surface area contributed by atoms with Crippen LogP contribution in [0.1, 0.15) is 30.1 Å². The van der Waals surface area contributed by atoms with Gasteiger partial charge in [0.2, 0.25) is 0 Å². The van der Waals surface area contributed by atoms with Gasteiger partial charge in [-0.1, -0.05) is 30.3 Å². The van der Waals surface area contributed by atoms with Gasteiger partial charge in [-0.05, 0) is 25.3 Å². The van der Waals surface area contributed by atoms with Gasteiger partial charge < -0.3 is 19.9 Å². The Morgan fingerprint density at radius 2 is 1.87 bits per heavy atom. The van der Waals surface area contributed by atoms with E-state index in [2.05, 4.69) is 56.1 Å². The van der Waals surface area contributed by atoms with Crippen molar-refractivity contribution < 1.29 is 4.74 Å². The minimum atomic E-state index is 0. The molecular formula is C22H34IN7O. The number of hydrogen-bond donors (Lipinski definition) is 2. The first-order valence-electron chi connectivity index (χ1n) is 10.9. The normalized spacial score (nSPS) is 18.3. The molecule has 1 aliphatic carbocycles. The van der Waals surface area contributed by atoms with E-state index >= 15 is 0 Å². The summed E-state index contributed by atoms with van der Waals surface area (Å²) in [5.41, 5.74) is 1.64. The maximum absolute atomic E-state index is 5.44. The van der Waals surface area contributed by atoms with Gasteiger partial charge in [-0.25, -0.2) is 4.99 Å². The van der Waals surface area contributed by atoms with Crippen molar-refractivity contribution in [2.24, 2.45) is 12.0 Å². The summed E-state index contributed by atoms with van der Waals surface area (Å²) in [6, 6.07) is 10.8. The van der Waals surface area contributed by atoms with Crippen molar-refractivity contribution in [3.8, 4) is 0 Å². The van der Waals surface area contributed by atoms with E-state index in [4.69, 9.17) is 9.73 Å². The number of halogens is 1. The summed E-state index contributed by atoms with van der Waals surface area (Å²) in [5.74, 6) is 2.60. The zero-order valence-corrected chi connectivity index (χ0v) is 20.8. The molecular weight excluding hydrogens is 505 g/mol. The highest BCUT2D eigenvalue weighted by Gasteiger charge is 2.44. The molecule has 2 fully saturated rings. The predicted molar refractivity (Wildman–Crippen MR) is 133 cm³/mol. The van der Waals surface area contributed by atoms with E-state index in [9.17, 15) is 0 Å². The van der Waals surface area contributed by atoms with Crippen molar-refractivity contribution in [1.29, 1.82) is 0 Å². The Hall–Kier alpha value is -1.72. The molecule has 1 aromatic heterocycles. The average molecular weight is 539 g/mol.